The molecule has 81 heavy (non-hydrogen) atoms. The van der Waals surface area contributed by atoms with E-state index >= 15 is 0 Å². The molecule has 0 spiro atoms. The van der Waals surface area contributed by atoms with Gasteiger partial charge in [0.25, 0.3) is 11.8 Å². The van der Waals surface area contributed by atoms with Crippen molar-refractivity contribution in [2.75, 3.05) is 66.0 Å². The number of nitrogens with zero attached hydrogens (tertiary/aromatic N) is 10. The van der Waals surface area contributed by atoms with Crippen LogP contribution in [0.2, 0.25) is 0 Å². The number of thiocarbonyl (C=S) groups is 4. The zero-order chi connectivity index (χ0) is 62.7. The van der Waals surface area contributed by atoms with E-state index in [-0.39, 0.29) is 107 Å². The summed E-state index contributed by atoms with van der Waals surface area (Å²) < 4.78 is 9.68. The van der Waals surface area contributed by atoms with Crippen LogP contribution >= 0.6 is 48.9 Å². The second-order valence-corrected chi connectivity index (χ2v) is 22.7. The highest BCUT2D eigenvalue weighted by molar-refractivity contribution is 7.82. The highest BCUT2D eigenvalue weighted by atomic mass is 32.1. The van der Waals surface area contributed by atoms with Crippen LogP contribution in [0.5, 0.6) is 11.5 Å². The molecule has 2 N–H and O–H groups in total. The zero-order valence-corrected chi connectivity index (χ0v) is 54.1. The van der Waals surface area contributed by atoms with Gasteiger partial charge in [-0.25, -0.2) is 14.4 Å². The fraction of sp³-hybridized carbons (Fsp3) is 0.636. The molecule has 9 amide bonds. The molecule has 0 saturated carbocycles. The van der Waals surface area contributed by atoms with Gasteiger partial charge in [-0.05, 0) is 127 Å². The molecule has 5 aliphatic heterocycles. The fourth-order valence-corrected chi connectivity index (χ4v) is 9.96. The van der Waals surface area contributed by atoms with E-state index in [4.69, 9.17) is 67.9 Å². The Balaban J connectivity index is 0.000000473. The number of imide groups is 2. The highest BCUT2D eigenvalue weighted by Crippen LogP contribution is 2.19. The summed E-state index contributed by atoms with van der Waals surface area (Å²) in [7, 11) is 1.63. The lowest BCUT2D eigenvalue weighted by Gasteiger charge is -2.23. The van der Waals surface area contributed by atoms with Crippen molar-refractivity contribution >= 4 is 105 Å². The van der Waals surface area contributed by atoms with Gasteiger partial charge in [-0.15, -0.1) is 0 Å². The maximum Gasteiger partial charge on any atom is 0.327 e. The summed E-state index contributed by atoms with van der Waals surface area (Å²) in [5, 5.41) is 19.3. The van der Waals surface area contributed by atoms with Crippen molar-refractivity contribution in [3.05, 3.63) is 56.6 Å². The standard InChI is InChI=1S/C8H14N2O2.2C8H14N2OS.C8H14N2S2.2C8H10O3.C7H12N2O2/c1-4-9-5-7(11)10(6(2)3)8(9)12;1-4-9-5-7(12)10(6(2)3)8(9)11;2*1-4-9-5-7(11)10(6(2)3)8(9)12;1-5(2)8-3-6(9)7(10)4-11-8;1-5(2)6-3-11-4-7(9)8(6)10;1-5(2)9-6(10)4-8(3)7(9)11/h4*6H,4-5H2,1-3H3;3-5,10H,1-2H3;3-5,9H,1-2H3;5H,4H2,1-3H3. The Kier molecular flexibility index (Phi) is 30.3. The summed E-state index contributed by atoms with van der Waals surface area (Å²) in [4.78, 5) is 108. The van der Waals surface area contributed by atoms with Crippen LogP contribution in [0, 0.1) is 0 Å². The molecule has 26 heteroatoms. The Bertz CT molecular complexity index is 2470. The topological polar surface area (TPSA) is 236 Å². The number of likely N-dealkylation sites (N-methyl/N-ethyl adjacent to an activating group) is 5. The predicted molar refractivity (Wildman–Crippen MR) is 330 cm³/mol. The van der Waals surface area contributed by atoms with Gasteiger partial charge in [0.05, 0.1) is 25.9 Å². The van der Waals surface area contributed by atoms with Crippen LogP contribution in [0.25, 0.3) is 0 Å². The van der Waals surface area contributed by atoms with Crippen LogP contribution < -0.4 is 10.9 Å². The third-order valence-electron chi connectivity index (χ3n) is 12.5. The van der Waals surface area contributed by atoms with Crippen molar-refractivity contribution in [2.24, 2.45) is 0 Å². The maximum absolute atomic E-state index is 11.6. The van der Waals surface area contributed by atoms with Gasteiger partial charge in [0.2, 0.25) is 16.8 Å². The number of amides is 9. The summed E-state index contributed by atoms with van der Waals surface area (Å²) in [6.07, 6.45) is 3.47. The highest BCUT2D eigenvalue weighted by Gasteiger charge is 2.38. The molecule has 0 aliphatic carbocycles. The zero-order valence-electron chi connectivity index (χ0n) is 50.8. The number of rotatable bonds is 11. The van der Waals surface area contributed by atoms with Gasteiger partial charge in [-0.3, -0.25) is 43.6 Å². The van der Waals surface area contributed by atoms with Crippen LogP contribution in [-0.4, -0.2) is 211 Å². The van der Waals surface area contributed by atoms with Gasteiger partial charge in [-0.1, -0.05) is 52.1 Å². The van der Waals surface area contributed by atoms with E-state index in [1.54, 1.807) is 26.6 Å². The molecule has 5 saturated heterocycles. The average Bonchev–Trinajstić information content (AvgIpc) is 4.13. The lowest BCUT2D eigenvalue weighted by atomic mass is 10.1. The second-order valence-electron chi connectivity index (χ2n) is 21.0. The normalized spacial score (nSPS) is 16.3. The van der Waals surface area contributed by atoms with E-state index in [1.165, 1.54) is 27.0 Å². The molecule has 7 rings (SSSR count). The van der Waals surface area contributed by atoms with Crippen LogP contribution in [0.15, 0.2) is 43.3 Å². The molecule has 0 atom stereocenters. The minimum atomic E-state index is -0.389. The summed E-state index contributed by atoms with van der Waals surface area (Å²) in [5.74, 6) is 0.112. The Hall–Kier alpha value is -6.12. The molecule has 7 heterocycles. The van der Waals surface area contributed by atoms with Crippen molar-refractivity contribution in [1.29, 1.82) is 0 Å². The van der Waals surface area contributed by atoms with Crippen molar-refractivity contribution in [2.45, 2.75) is 167 Å². The fourth-order valence-electron chi connectivity index (χ4n) is 7.98. The minimum absolute atomic E-state index is 0.0263. The smallest absolute Gasteiger partial charge is 0.327 e. The third kappa shape index (κ3) is 20.4. The van der Waals surface area contributed by atoms with Gasteiger partial charge in [0.15, 0.2) is 21.7 Å². The minimum Gasteiger partial charge on any atom is -0.502 e. The lowest BCUT2D eigenvalue weighted by molar-refractivity contribution is -0.127. The van der Waals surface area contributed by atoms with E-state index < -0.39 is 0 Å². The summed E-state index contributed by atoms with van der Waals surface area (Å²) >= 11 is 20.8. The first-order chi connectivity index (χ1) is 37.6. The van der Waals surface area contributed by atoms with E-state index in [2.05, 4.69) is 25.7 Å². The molecular weight excluding hydrogens is 1120 g/mol. The molecular formula is C55H88N10O12S4. The summed E-state index contributed by atoms with van der Waals surface area (Å²) in [5.41, 5.74) is -0.226. The van der Waals surface area contributed by atoms with E-state index in [0.717, 1.165) is 53.8 Å². The maximum atomic E-state index is 11.6. The summed E-state index contributed by atoms with van der Waals surface area (Å²) in [6, 6.07) is 1.71. The molecule has 0 bridgehead atoms. The number of carbonyl (C=O) groups is 6. The SMILES string of the molecule is CC(C)N1C(=O)CN(C)C1=O.CC(C)c1cc(=O)c(O)co1.CC(C)c1cocc(O)c1=O.CCN1CC(=O)N(C(C)C)C1=O.CCN1CC(=O)N(C(C)C)C1=S.CCN1CC(=S)N(C(C)C)C1=O.CCN1CC(=S)N(C(C)C)C1=S. The number of hydrogen-bond donors (Lipinski definition) is 2. The first-order valence-electron chi connectivity index (χ1n) is 27.2. The second kappa shape index (κ2) is 33.7. The number of hydrogen-bond acceptors (Lipinski definition) is 16. The quantitative estimate of drug-likeness (QED) is 0.161. The largest absolute Gasteiger partial charge is 0.502 e. The molecule has 5 aliphatic rings. The average molecular weight is 1210 g/mol. The monoisotopic (exact) mass is 1210 g/mol. The molecule has 2 aromatic rings. The number of aromatic hydroxyl groups is 2. The van der Waals surface area contributed by atoms with Crippen LogP contribution in [0.3, 0.4) is 0 Å². The van der Waals surface area contributed by atoms with Gasteiger partial charge in [-0.2, -0.15) is 0 Å². The molecule has 0 radical (unpaired) electrons. The van der Waals surface area contributed by atoms with E-state index in [9.17, 15) is 38.4 Å². The van der Waals surface area contributed by atoms with Crippen molar-refractivity contribution in [3.63, 3.8) is 0 Å². The van der Waals surface area contributed by atoms with Crippen LogP contribution in [-0.2, 0) is 14.4 Å². The van der Waals surface area contributed by atoms with Gasteiger partial charge >= 0.3 is 18.1 Å². The third-order valence-corrected chi connectivity index (χ3v) is 14.0. The number of carbonyl (C=O) groups excluding carboxylic acids is 6. The van der Waals surface area contributed by atoms with Crippen molar-refractivity contribution in [3.8, 4) is 11.5 Å². The van der Waals surface area contributed by atoms with E-state index in [1.807, 2.05) is 114 Å². The van der Waals surface area contributed by atoms with Gasteiger partial charge < -0.3 is 48.4 Å². The molecule has 2 aromatic heterocycles. The molecule has 0 unspecified atom stereocenters. The lowest BCUT2D eigenvalue weighted by Crippen LogP contribution is -2.37. The Labute approximate surface area is 499 Å². The number of urea groups is 3. The summed E-state index contributed by atoms with van der Waals surface area (Å²) in [6.45, 7) is 40.4. The van der Waals surface area contributed by atoms with Gasteiger partial charge in [0.1, 0.15) is 41.4 Å². The Morgan fingerprint density at radius 3 is 1.14 bits per heavy atom. The first-order valence-corrected chi connectivity index (χ1v) is 28.8. The van der Waals surface area contributed by atoms with Gasteiger partial charge in [0, 0.05) is 81.0 Å². The van der Waals surface area contributed by atoms with E-state index in [0.29, 0.717) is 42.1 Å². The molecule has 454 valence electrons. The predicted octanol–water partition coefficient (Wildman–Crippen LogP) is 7.87. The molecule has 5 fully saturated rings. The Morgan fingerprint density at radius 2 is 0.840 bits per heavy atom. The molecule has 22 nitrogen and oxygen atoms in total. The van der Waals surface area contributed by atoms with Crippen molar-refractivity contribution in [1.82, 2.24) is 49.0 Å². The molecule has 0 aromatic carbocycles. The van der Waals surface area contributed by atoms with Crippen LogP contribution in [0.4, 0.5) is 14.4 Å². The van der Waals surface area contributed by atoms with Crippen molar-refractivity contribution < 1.29 is 47.8 Å². The first kappa shape index (κ1) is 72.9. The Morgan fingerprint density at radius 1 is 0.457 bits per heavy atom. The van der Waals surface area contributed by atoms with Crippen LogP contribution in [0.1, 0.15) is 148 Å².